The predicted octanol–water partition coefficient (Wildman–Crippen LogP) is 2.75. The molecule has 0 saturated carbocycles. The maximum Gasteiger partial charge on any atom is 0.341 e. The summed E-state index contributed by atoms with van der Waals surface area (Å²) in [7, 11) is 1.51. The summed E-state index contributed by atoms with van der Waals surface area (Å²) in [6.45, 7) is 2.65. The van der Waals surface area contributed by atoms with Crippen molar-refractivity contribution in [1.29, 1.82) is 0 Å². The Kier molecular flexibility index (Phi) is 6.82. The number of benzene rings is 1. The van der Waals surface area contributed by atoms with Gasteiger partial charge in [0.1, 0.15) is 22.6 Å². The Bertz CT molecular complexity index is 1630. The molecule has 1 fully saturated rings. The first kappa shape index (κ1) is 24.4. The molecule has 1 unspecified atom stereocenters. The first-order chi connectivity index (χ1) is 18.0. The van der Waals surface area contributed by atoms with Crippen LogP contribution in [0, 0.1) is 0 Å². The van der Waals surface area contributed by atoms with Crippen molar-refractivity contribution in [2.24, 2.45) is 4.99 Å². The Hall–Kier alpha value is -4.31. The second-order valence-electron chi connectivity index (χ2n) is 8.58. The van der Waals surface area contributed by atoms with E-state index < -0.39 is 11.9 Å². The van der Waals surface area contributed by atoms with Gasteiger partial charge in [0.15, 0.2) is 5.49 Å². The highest BCUT2D eigenvalue weighted by Gasteiger charge is 2.24. The zero-order chi connectivity index (χ0) is 25.9. The van der Waals surface area contributed by atoms with Gasteiger partial charge >= 0.3 is 5.97 Å². The lowest BCUT2D eigenvalue weighted by atomic mass is 10.1. The third kappa shape index (κ3) is 4.75. The molecule has 0 radical (unpaired) electrons. The number of aromatic nitrogens is 3. The number of nitrogens with zero attached hydrogens (tertiary/aromatic N) is 4. The van der Waals surface area contributed by atoms with Crippen LogP contribution in [0.25, 0.3) is 16.7 Å². The first-order valence-electron chi connectivity index (χ1n) is 12.1. The molecule has 190 valence electrons. The van der Waals surface area contributed by atoms with E-state index in [0.717, 1.165) is 12.8 Å². The van der Waals surface area contributed by atoms with Crippen LogP contribution in [0.15, 0.2) is 64.5 Å². The zero-order valence-electron chi connectivity index (χ0n) is 20.5. The maximum atomic E-state index is 13.5. The highest BCUT2D eigenvalue weighted by atomic mass is 16.5. The van der Waals surface area contributed by atoms with E-state index in [1.165, 1.54) is 17.6 Å². The van der Waals surface area contributed by atoms with E-state index in [1.807, 2.05) is 0 Å². The quantitative estimate of drug-likeness (QED) is 0.294. The molecule has 10 heteroatoms. The molecule has 0 bridgehead atoms. The summed E-state index contributed by atoms with van der Waals surface area (Å²) in [5.41, 5.74) is 0.717. The van der Waals surface area contributed by atoms with Crippen molar-refractivity contribution in [1.82, 2.24) is 14.0 Å². The summed E-state index contributed by atoms with van der Waals surface area (Å²) in [5, 5.41) is 0.206. The fourth-order valence-electron chi connectivity index (χ4n) is 4.44. The second-order valence-corrected chi connectivity index (χ2v) is 8.58. The third-order valence-electron chi connectivity index (χ3n) is 6.22. The molecule has 1 atom stereocenters. The smallest absolute Gasteiger partial charge is 0.341 e. The van der Waals surface area contributed by atoms with Gasteiger partial charge in [-0.05, 0) is 56.2 Å². The van der Waals surface area contributed by atoms with E-state index in [-0.39, 0.29) is 46.8 Å². The average Bonchev–Trinajstić information content (AvgIpc) is 3.43. The van der Waals surface area contributed by atoms with Crippen LogP contribution in [0.1, 0.15) is 40.5 Å². The first-order valence-corrected chi connectivity index (χ1v) is 12.1. The van der Waals surface area contributed by atoms with E-state index in [2.05, 4.69) is 4.99 Å². The summed E-state index contributed by atoms with van der Waals surface area (Å²) >= 11 is 0. The van der Waals surface area contributed by atoms with Crippen LogP contribution >= 0.6 is 0 Å². The molecule has 5 rings (SSSR count). The minimum absolute atomic E-state index is 0.00151. The molecule has 4 heterocycles. The van der Waals surface area contributed by atoms with Gasteiger partial charge in [0.05, 0.1) is 31.8 Å². The number of ether oxygens (including phenoxy) is 3. The second kappa shape index (κ2) is 10.4. The Morgan fingerprint density at radius 3 is 2.81 bits per heavy atom. The molecule has 1 saturated heterocycles. The number of carbonyl (C=O) groups is 2. The molecule has 10 nitrogen and oxygen atoms in total. The van der Waals surface area contributed by atoms with Crippen molar-refractivity contribution in [3.8, 4) is 5.75 Å². The van der Waals surface area contributed by atoms with E-state index in [1.54, 1.807) is 60.2 Å². The number of hydrogen-bond donors (Lipinski definition) is 0. The van der Waals surface area contributed by atoms with E-state index >= 15 is 0 Å². The van der Waals surface area contributed by atoms with Crippen LogP contribution in [-0.2, 0) is 16.0 Å². The molecule has 37 heavy (non-hydrogen) atoms. The maximum absolute atomic E-state index is 13.5. The summed E-state index contributed by atoms with van der Waals surface area (Å²) < 4.78 is 19.4. The van der Waals surface area contributed by atoms with Crippen molar-refractivity contribution < 1.29 is 23.8 Å². The van der Waals surface area contributed by atoms with Gasteiger partial charge in [-0.1, -0.05) is 12.1 Å². The molecule has 0 aliphatic carbocycles. The SMILES string of the molecule is CCOC(=O)c1cc2c(=O)n3ccccc3nc2n(CC2CCCO2)c1=NC(=O)c1cccc(OC)c1. The lowest BCUT2D eigenvalue weighted by molar-refractivity contribution is 0.0521. The average molecular weight is 503 g/mol. The number of amides is 1. The van der Waals surface area contributed by atoms with Crippen molar-refractivity contribution >= 4 is 28.6 Å². The van der Waals surface area contributed by atoms with Crippen LogP contribution in [0.4, 0.5) is 0 Å². The summed E-state index contributed by atoms with van der Waals surface area (Å²) in [6.07, 6.45) is 3.09. The summed E-state index contributed by atoms with van der Waals surface area (Å²) in [5.74, 6) is -0.777. The van der Waals surface area contributed by atoms with E-state index in [4.69, 9.17) is 19.2 Å². The monoisotopic (exact) mass is 502 g/mol. The topological polar surface area (TPSA) is 113 Å². The highest BCUT2D eigenvalue weighted by molar-refractivity contribution is 5.97. The Balaban J connectivity index is 1.84. The molecule has 4 aromatic rings. The number of rotatable bonds is 6. The Morgan fingerprint density at radius 1 is 1.19 bits per heavy atom. The lowest BCUT2D eigenvalue weighted by Gasteiger charge is -2.18. The van der Waals surface area contributed by atoms with Gasteiger partial charge < -0.3 is 18.8 Å². The number of pyridine rings is 2. The van der Waals surface area contributed by atoms with Gasteiger partial charge in [-0.25, -0.2) is 9.78 Å². The number of hydrogen-bond acceptors (Lipinski definition) is 7. The molecule has 1 aliphatic rings. The molecular formula is C27H26N4O6. The van der Waals surface area contributed by atoms with Crippen molar-refractivity contribution in [3.05, 3.63) is 81.7 Å². The standard InChI is InChI=1S/C27H26N4O6/c1-3-36-27(34)21-15-20-23(28-22-11-4-5-12-30(22)26(20)33)31(16-19-10-7-13-37-19)24(21)29-25(32)17-8-6-9-18(14-17)35-2/h4-6,8-9,11-12,14-15,19H,3,7,10,13,16H2,1-2H3. The predicted molar refractivity (Wildman–Crippen MR) is 135 cm³/mol. The molecule has 0 N–H and O–H groups in total. The lowest BCUT2D eigenvalue weighted by Crippen LogP contribution is -2.35. The fraction of sp³-hybridized carbons (Fsp3) is 0.296. The van der Waals surface area contributed by atoms with Crippen molar-refractivity contribution in [2.45, 2.75) is 32.4 Å². The van der Waals surface area contributed by atoms with Crippen LogP contribution < -0.4 is 15.8 Å². The minimum atomic E-state index is -0.694. The normalized spacial score (nSPS) is 15.8. The minimum Gasteiger partial charge on any atom is -0.497 e. The van der Waals surface area contributed by atoms with Crippen LogP contribution in [0.2, 0.25) is 0 Å². The Labute approximate surface area is 211 Å². The van der Waals surface area contributed by atoms with E-state index in [9.17, 15) is 14.4 Å². The van der Waals surface area contributed by atoms with Crippen LogP contribution in [0.5, 0.6) is 5.75 Å². The molecule has 1 amide bonds. The number of fused-ring (bicyclic) bond motifs is 2. The fourth-order valence-corrected chi connectivity index (χ4v) is 4.44. The number of carbonyl (C=O) groups excluding carboxylic acids is 2. The largest absolute Gasteiger partial charge is 0.497 e. The van der Waals surface area contributed by atoms with Crippen LogP contribution in [0.3, 0.4) is 0 Å². The van der Waals surface area contributed by atoms with Gasteiger partial charge in [-0.15, -0.1) is 0 Å². The van der Waals surface area contributed by atoms with E-state index in [0.29, 0.717) is 23.7 Å². The molecule has 1 aromatic carbocycles. The number of esters is 1. The summed E-state index contributed by atoms with van der Waals surface area (Å²) in [4.78, 5) is 49.0. The molecular weight excluding hydrogens is 476 g/mol. The van der Waals surface area contributed by atoms with Gasteiger partial charge in [0.25, 0.3) is 11.5 Å². The van der Waals surface area contributed by atoms with Gasteiger partial charge in [-0.2, -0.15) is 4.99 Å². The number of methoxy groups -OCH3 is 1. The highest BCUT2D eigenvalue weighted by Crippen LogP contribution is 2.18. The van der Waals surface area contributed by atoms with Crippen molar-refractivity contribution in [2.75, 3.05) is 20.3 Å². The van der Waals surface area contributed by atoms with Gasteiger partial charge in [-0.3, -0.25) is 14.0 Å². The molecule has 1 aliphatic heterocycles. The summed E-state index contributed by atoms with van der Waals surface area (Å²) in [6, 6.07) is 13.2. The van der Waals surface area contributed by atoms with Gasteiger partial charge in [0.2, 0.25) is 0 Å². The molecule has 0 spiro atoms. The zero-order valence-corrected chi connectivity index (χ0v) is 20.5. The third-order valence-corrected chi connectivity index (χ3v) is 6.22. The van der Waals surface area contributed by atoms with Crippen molar-refractivity contribution in [3.63, 3.8) is 0 Å². The van der Waals surface area contributed by atoms with Gasteiger partial charge in [0, 0.05) is 18.4 Å². The molecule has 3 aromatic heterocycles. The Morgan fingerprint density at radius 2 is 2.05 bits per heavy atom. The van der Waals surface area contributed by atoms with Crippen LogP contribution in [-0.4, -0.2) is 52.3 Å².